The van der Waals surface area contributed by atoms with E-state index in [4.69, 9.17) is 4.74 Å². The molecule has 0 amide bonds. The number of ether oxygens (including phenoxy) is 1. The van der Waals surface area contributed by atoms with E-state index in [1.54, 1.807) is 0 Å². The first kappa shape index (κ1) is 8.94. The summed E-state index contributed by atoms with van der Waals surface area (Å²) >= 11 is 0. The van der Waals surface area contributed by atoms with Gasteiger partial charge < -0.3 is 10.1 Å². The molecule has 0 saturated carbocycles. The van der Waals surface area contributed by atoms with Crippen LogP contribution < -0.4 is 5.32 Å². The molecule has 0 aromatic carbocycles. The standard InChI is InChI=1S/C8H16FNO/c1-2-3-11-6-8-4-7(9)5-10-8/h7-8,10H,2-6H2,1H3. The maximum Gasteiger partial charge on any atom is 0.114 e. The van der Waals surface area contributed by atoms with E-state index in [-0.39, 0.29) is 6.04 Å². The van der Waals surface area contributed by atoms with Gasteiger partial charge in [-0.2, -0.15) is 0 Å². The Morgan fingerprint density at radius 2 is 2.45 bits per heavy atom. The molecule has 1 saturated heterocycles. The van der Waals surface area contributed by atoms with Gasteiger partial charge in [-0.25, -0.2) is 4.39 Å². The molecule has 2 nitrogen and oxygen atoms in total. The number of hydrogen-bond acceptors (Lipinski definition) is 2. The summed E-state index contributed by atoms with van der Waals surface area (Å²) < 4.78 is 17.9. The molecule has 0 bridgehead atoms. The molecule has 1 fully saturated rings. The first-order chi connectivity index (χ1) is 5.33. The van der Waals surface area contributed by atoms with Crippen LogP contribution in [0.25, 0.3) is 0 Å². The summed E-state index contributed by atoms with van der Waals surface area (Å²) in [5, 5.41) is 3.07. The number of halogens is 1. The Bertz CT molecular complexity index is 110. The van der Waals surface area contributed by atoms with Crippen LogP contribution in [-0.4, -0.2) is 32.0 Å². The van der Waals surface area contributed by atoms with Crippen molar-refractivity contribution in [2.24, 2.45) is 0 Å². The minimum absolute atomic E-state index is 0.247. The second-order valence-electron chi connectivity index (χ2n) is 3.01. The van der Waals surface area contributed by atoms with Crippen molar-refractivity contribution in [1.82, 2.24) is 5.32 Å². The van der Waals surface area contributed by atoms with Gasteiger partial charge in [0, 0.05) is 19.2 Å². The molecule has 66 valence electrons. The fraction of sp³-hybridized carbons (Fsp3) is 1.00. The van der Waals surface area contributed by atoms with Gasteiger partial charge in [-0.1, -0.05) is 6.92 Å². The van der Waals surface area contributed by atoms with E-state index >= 15 is 0 Å². The van der Waals surface area contributed by atoms with Gasteiger partial charge in [-0.15, -0.1) is 0 Å². The van der Waals surface area contributed by atoms with E-state index in [0.29, 0.717) is 19.6 Å². The molecular formula is C8H16FNO. The predicted molar refractivity (Wildman–Crippen MR) is 42.4 cm³/mol. The number of rotatable bonds is 4. The maximum atomic E-state index is 12.6. The molecule has 0 aromatic heterocycles. The lowest BCUT2D eigenvalue weighted by Crippen LogP contribution is -2.26. The van der Waals surface area contributed by atoms with Crippen LogP contribution in [0.5, 0.6) is 0 Å². The molecule has 1 heterocycles. The fourth-order valence-corrected chi connectivity index (χ4v) is 1.27. The third-order valence-corrected chi connectivity index (χ3v) is 1.84. The molecule has 1 rings (SSSR count). The van der Waals surface area contributed by atoms with Crippen LogP contribution in [0.3, 0.4) is 0 Å². The van der Waals surface area contributed by atoms with Crippen molar-refractivity contribution in [2.75, 3.05) is 19.8 Å². The number of hydrogen-bond donors (Lipinski definition) is 1. The van der Waals surface area contributed by atoms with Crippen molar-refractivity contribution in [3.8, 4) is 0 Å². The lowest BCUT2D eigenvalue weighted by Gasteiger charge is -2.08. The Hall–Kier alpha value is -0.150. The average Bonchev–Trinajstić information content (AvgIpc) is 2.37. The van der Waals surface area contributed by atoms with E-state index in [1.807, 2.05) is 0 Å². The topological polar surface area (TPSA) is 21.3 Å². The van der Waals surface area contributed by atoms with Crippen molar-refractivity contribution < 1.29 is 9.13 Å². The molecule has 0 spiro atoms. The van der Waals surface area contributed by atoms with Crippen LogP contribution in [0.15, 0.2) is 0 Å². The number of nitrogens with one attached hydrogen (secondary N) is 1. The van der Waals surface area contributed by atoms with Crippen LogP contribution in [0.1, 0.15) is 19.8 Å². The maximum absolute atomic E-state index is 12.6. The molecule has 1 aliphatic heterocycles. The molecule has 1 aliphatic rings. The largest absolute Gasteiger partial charge is 0.380 e. The second-order valence-corrected chi connectivity index (χ2v) is 3.01. The van der Waals surface area contributed by atoms with Gasteiger partial charge in [0.1, 0.15) is 6.17 Å². The molecule has 3 heteroatoms. The minimum Gasteiger partial charge on any atom is -0.380 e. The summed E-state index contributed by atoms with van der Waals surface area (Å²) in [5.74, 6) is 0. The van der Waals surface area contributed by atoms with Gasteiger partial charge in [0.05, 0.1) is 6.61 Å². The average molecular weight is 161 g/mol. The summed E-state index contributed by atoms with van der Waals surface area (Å²) in [5.41, 5.74) is 0. The lowest BCUT2D eigenvalue weighted by molar-refractivity contribution is 0.115. The first-order valence-corrected chi connectivity index (χ1v) is 4.28. The van der Waals surface area contributed by atoms with Gasteiger partial charge in [0.2, 0.25) is 0 Å². The molecular weight excluding hydrogens is 145 g/mol. The summed E-state index contributed by atoms with van der Waals surface area (Å²) in [6.07, 6.45) is 0.986. The Labute approximate surface area is 67.1 Å². The van der Waals surface area contributed by atoms with Crippen molar-refractivity contribution in [3.63, 3.8) is 0 Å². The van der Waals surface area contributed by atoms with Gasteiger partial charge in [-0.3, -0.25) is 0 Å². The molecule has 11 heavy (non-hydrogen) atoms. The normalized spacial score (nSPS) is 31.1. The van der Waals surface area contributed by atoms with Crippen molar-refractivity contribution >= 4 is 0 Å². The Morgan fingerprint density at radius 3 is 3.00 bits per heavy atom. The van der Waals surface area contributed by atoms with Gasteiger partial charge in [-0.05, 0) is 12.8 Å². The smallest absolute Gasteiger partial charge is 0.114 e. The first-order valence-electron chi connectivity index (χ1n) is 4.28. The molecule has 2 atom stereocenters. The van der Waals surface area contributed by atoms with Gasteiger partial charge >= 0.3 is 0 Å². The Morgan fingerprint density at radius 1 is 1.64 bits per heavy atom. The van der Waals surface area contributed by atoms with Crippen LogP contribution >= 0.6 is 0 Å². The SMILES string of the molecule is CCCOCC1CC(F)CN1. The zero-order valence-electron chi connectivity index (χ0n) is 6.98. The van der Waals surface area contributed by atoms with E-state index in [9.17, 15) is 4.39 Å². The fourth-order valence-electron chi connectivity index (χ4n) is 1.27. The zero-order chi connectivity index (χ0) is 8.10. The minimum atomic E-state index is -0.662. The van der Waals surface area contributed by atoms with Crippen molar-refractivity contribution in [3.05, 3.63) is 0 Å². The van der Waals surface area contributed by atoms with E-state index < -0.39 is 6.17 Å². The summed E-state index contributed by atoms with van der Waals surface area (Å²) in [4.78, 5) is 0. The quantitative estimate of drug-likeness (QED) is 0.624. The number of alkyl halides is 1. The highest BCUT2D eigenvalue weighted by Gasteiger charge is 2.22. The molecule has 0 aliphatic carbocycles. The van der Waals surface area contributed by atoms with E-state index in [1.165, 1.54) is 0 Å². The van der Waals surface area contributed by atoms with Gasteiger partial charge in [0.25, 0.3) is 0 Å². The molecule has 0 radical (unpaired) electrons. The Balaban J connectivity index is 1.99. The summed E-state index contributed by atoms with van der Waals surface area (Å²) in [6.45, 7) is 4.02. The second kappa shape index (κ2) is 4.67. The van der Waals surface area contributed by atoms with Crippen molar-refractivity contribution in [2.45, 2.75) is 32.0 Å². The molecule has 0 aromatic rings. The van der Waals surface area contributed by atoms with Crippen LogP contribution in [0.4, 0.5) is 4.39 Å². The van der Waals surface area contributed by atoms with Gasteiger partial charge in [0.15, 0.2) is 0 Å². The third kappa shape index (κ3) is 3.16. The summed E-state index contributed by atoms with van der Waals surface area (Å²) in [6, 6.07) is 0.247. The Kier molecular flexibility index (Phi) is 3.80. The lowest BCUT2D eigenvalue weighted by atomic mass is 10.2. The summed E-state index contributed by atoms with van der Waals surface area (Å²) in [7, 11) is 0. The predicted octanol–water partition coefficient (Wildman–Crippen LogP) is 1.11. The highest BCUT2D eigenvalue weighted by atomic mass is 19.1. The van der Waals surface area contributed by atoms with Crippen LogP contribution in [0.2, 0.25) is 0 Å². The van der Waals surface area contributed by atoms with E-state index in [0.717, 1.165) is 13.0 Å². The third-order valence-electron chi connectivity index (χ3n) is 1.84. The molecule has 1 N–H and O–H groups in total. The van der Waals surface area contributed by atoms with Crippen LogP contribution in [0, 0.1) is 0 Å². The monoisotopic (exact) mass is 161 g/mol. The van der Waals surface area contributed by atoms with E-state index in [2.05, 4.69) is 12.2 Å². The highest BCUT2D eigenvalue weighted by molar-refractivity contribution is 4.80. The zero-order valence-corrected chi connectivity index (χ0v) is 6.98. The van der Waals surface area contributed by atoms with Crippen molar-refractivity contribution in [1.29, 1.82) is 0 Å². The molecule has 2 unspecified atom stereocenters. The van der Waals surface area contributed by atoms with Crippen LogP contribution in [-0.2, 0) is 4.74 Å². The highest BCUT2D eigenvalue weighted by Crippen LogP contribution is 2.09.